The molecule has 1 aliphatic rings. The highest BCUT2D eigenvalue weighted by molar-refractivity contribution is 6.30. The van der Waals surface area contributed by atoms with Gasteiger partial charge in [0.1, 0.15) is 0 Å². The van der Waals surface area contributed by atoms with Crippen LogP contribution >= 0.6 is 11.6 Å². The van der Waals surface area contributed by atoms with Crippen molar-refractivity contribution in [2.24, 2.45) is 0 Å². The second kappa shape index (κ2) is 3.11. The van der Waals surface area contributed by atoms with Gasteiger partial charge in [-0.3, -0.25) is 4.98 Å². The van der Waals surface area contributed by atoms with Crippen LogP contribution in [0, 0.1) is 0 Å². The SMILES string of the molecule is ClC1=CC=c2ncccc2=CC1. The van der Waals surface area contributed by atoms with Crippen LogP contribution < -0.4 is 10.6 Å². The molecule has 1 nitrogen and oxygen atoms in total. The third kappa shape index (κ3) is 1.41. The van der Waals surface area contributed by atoms with Crippen LogP contribution in [-0.4, -0.2) is 4.98 Å². The van der Waals surface area contributed by atoms with Gasteiger partial charge in [0.2, 0.25) is 0 Å². The van der Waals surface area contributed by atoms with Gasteiger partial charge in [0.25, 0.3) is 0 Å². The van der Waals surface area contributed by atoms with E-state index in [9.17, 15) is 0 Å². The molecule has 1 heterocycles. The Morgan fingerprint density at radius 1 is 1.33 bits per heavy atom. The molecule has 0 N–H and O–H groups in total. The van der Waals surface area contributed by atoms with Crippen molar-refractivity contribution in [1.82, 2.24) is 4.98 Å². The summed E-state index contributed by atoms with van der Waals surface area (Å²) < 4.78 is 0. The van der Waals surface area contributed by atoms with Crippen LogP contribution in [0.5, 0.6) is 0 Å². The van der Waals surface area contributed by atoms with E-state index in [1.165, 1.54) is 0 Å². The summed E-state index contributed by atoms with van der Waals surface area (Å²) in [5, 5.41) is 3.01. The van der Waals surface area contributed by atoms with Gasteiger partial charge in [-0.15, -0.1) is 0 Å². The predicted octanol–water partition coefficient (Wildman–Crippen LogP) is 1.17. The third-order valence-electron chi connectivity index (χ3n) is 1.81. The summed E-state index contributed by atoms with van der Waals surface area (Å²) in [5.74, 6) is 0. The number of pyridine rings is 1. The Labute approximate surface area is 75.7 Å². The van der Waals surface area contributed by atoms with Crippen molar-refractivity contribution in [2.75, 3.05) is 0 Å². The molecule has 0 unspecified atom stereocenters. The number of rotatable bonds is 0. The zero-order valence-electron chi connectivity index (χ0n) is 6.50. The highest BCUT2D eigenvalue weighted by atomic mass is 35.5. The second-order valence-corrected chi connectivity index (χ2v) is 3.15. The Morgan fingerprint density at radius 3 is 3.17 bits per heavy atom. The fraction of sp³-hybridized carbons (Fsp3) is 0.100. The molecule has 0 radical (unpaired) electrons. The molecule has 0 saturated heterocycles. The lowest BCUT2D eigenvalue weighted by Crippen LogP contribution is -2.26. The van der Waals surface area contributed by atoms with E-state index in [2.05, 4.69) is 11.1 Å². The smallest absolute Gasteiger partial charge is 0.0699 e. The van der Waals surface area contributed by atoms with E-state index >= 15 is 0 Å². The predicted molar refractivity (Wildman–Crippen MR) is 51.0 cm³/mol. The lowest BCUT2D eigenvalue weighted by Gasteiger charge is -1.86. The fourth-order valence-electron chi connectivity index (χ4n) is 1.19. The Morgan fingerprint density at radius 2 is 2.25 bits per heavy atom. The first-order chi connectivity index (χ1) is 5.86. The Hall–Kier alpha value is -1.08. The molecule has 2 heteroatoms. The first-order valence-corrected chi connectivity index (χ1v) is 4.22. The van der Waals surface area contributed by atoms with Gasteiger partial charge < -0.3 is 0 Å². The van der Waals surface area contributed by atoms with Gasteiger partial charge in [0.05, 0.1) is 5.35 Å². The minimum atomic E-state index is 0.802. The van der Waals surface area contributed by atoms with E-state index in [4.69, 9.17) is 11.6 Å². The normalized spacial score (nSPS) is 14.9. The monoisotopic (exact) mass is 177 g/mol. The molecule has 0 amide bonds. The minimum absolute atomic E-state index is 0.802. The molecule has 0 bridgehead atoms. The Bertz CT molecular complexity index is 431. The van der Waals surface area contributed by atoms with E-state index in [1.54, 1.807) is 6.20 Å². The quantitative estimate of drug-likeness (QED) is 0.580. The topological polar surface area (TPSA) is 12.9 Å². The largest absolute Gasteiger partial charge is 0.256 e. The van der Waals surface area contributed by atoms with Crippen LogP contribution in [-0.2, 0) is 0 Å². The van der Waals surface area contributed by atoms with Crippen LogP contribution in [0.2, 0.25) is 0 Å². The summed E-state index contributed by atoms with van der Waals surface area (Å²) in [7, 11) is 0. The van der Waals surface area contributed by atoms with Crippen LogP contribution in [0.1, 0.15) is 6.42 Å². The number of halogens is 1. The molecule has 0 aliphatic heterocycles. The van der Waals surface area contributed by atoms with Gasteiger partial charge in [-0.2, -0.15) is 0 Å². The van der Waals surface area contributed by atoms with Gasteiger partial charge in [-0.25, -0.2) is 0 Å². The molecule has 0 atom stereocenters. The highest BCUT2D eigenvalue weighted by Gasteiger charge is 1.92. The van der Waals surface area contributed by atoms with Crippen molar-refractivity contribution in [2.45, 2.75) is 6.42 Å². The molecule has 0 aromatic carbocycles. The Balaban J connectivity index is 2.72. The number of nitrogens with zero attached hydrogens (tertiary/aromatic N) is 1. The fourth-order valence-corrected chi connectivity index (χ4v) is 1.33. The average Bonchev–Trinajstić information content (AvgIpc) is 2.29. The molecule has 0 fully saturated rings. The number of hydrogen-bond acceptors (Lipinski definition) is 1. The zero-order valence-corrected chi connectivity index (χ0v) is 7.25. The van der Waals surface area contributed by atoms with Crippen molar-refractivity contribution in [3.8, 4) is 0 Å². The molecule has 0 spiro atoms. The van der Waals surface area contributed by atoms with Gasteiger partial charge >= 0.3 is 0 Å². The molecule has 1 aliphatic carbocycles. The van der Waals surface area contributed by atoms with Crippen molar-refractivity contribution in [3.63, 3.8) is 0 Å². The van der Waals surface area contributed by atoms with E-state index in [1.807, 2.05) is 24.3 Å². The molecule has 12 heavy (non-hydrogen) atoms. The third-order valence-corrected chi connectivity index (χ3v) is 2.09. The van der Waals surface area contributed by atoms with E-state index < -0.39 is 0 Å². The number of fused-ring (bicyclic) bond motifs is 1. The van der Waals surface area contributed by atoms with E-state index in [-0.39, 0.29) is 0 Å². The van der Waals surface area contributed by atoms with Gasteiger partial charge in [0.15, 0.2) is 0 Å². The van der Waals surface area contributed by atoms with Gasteiger partial charge in [-0.05, 0) is 23.4 Å². The van der Waals surface area contributed by atoms with Gasteiger partial charge in [0, 0.05) is 17.6 Å². The molecular weight excluding hydrogens is 170 g/mol. The molecular formula is C10H8ClN. The summed E-state index contributed by atoms with van der Waals surface area (Å²) in [6.45, 7) is 0. The Kier molecular flexibility index (Phi) is 1.96. The number of hydrogen-bond donors (Lipinski definition) is 0. The molecule has 1 aromatic rings. The van der Waals surface area contributed by atoms with Crippen LogP contribution in [0.4, 0.5) is 0 Å². The highest BCUT2D eigenvalue weighted by Crippen LogP contribution is 2.08. The van der Waals surface area contributed by atoms with Crippen molar-refractivity contribution in [3.05, 3.63) is 40.0 Å². The summed E-state index contributed by atoms with van der Waals surface area (Å²) in [6.07, 6.45) is 8.52. The maximum Gasteiger partial charge on any atom is 0.0699 e. The first kappa shape index (κ1) is 7.56. The number of allylic oxidation sites excluding steroid dienone is 2. The zero-order chi connectivity index (χ0) is 8.39. The number of aromatic nitrogens is 1. The molecule has 2 rings (SSSR count). The summed E-state index contributed by atoms with van der Waals surface area (Å²) in [6, 6.07) is 3.98. The van der Waals surface area contributed by atoms with Crippen molar-refractivity contribution >= 4 is 23.8 Å². The summed E-state index contributed by atoms with van der Waals surface area (Å²) in [5.41, 5.74) is 0. The maximum atomic E-state index is 5.88. The van der Waals surface area contributed by atoms with Crippen LogP contribution in [0.15, 0.2) is 29.4 Å². The molecule has 0 saturated carbocycles. The minimum Gasteiger partial charge on any atom is -0.256 e. The maximum absolute atomic E-state index is 5.88. The van der Waals surface area contributed by atoms with Crippen LogP contribution in [0.25, 0.3) is 12.2 Å². The summed E-state index contributed by atoms with van der Waals surface area (Å²) in [4.78, 5) is 4.22. The molecule has 60 valence electrons. The van der Waals surface area contributed by atoms with E-state index in [0.717, 1.165) is 22.0 Å². The van der Waals surface area contributed by atoms with Crippen molar-refractivity contribution < 1.29 is 0 Å². The van der Waals surface area contributed by atoms with E-state index in [0.29, 0.717) is 0 Å². The lowest BCUT2D eigenvalue weighted by molar-refractivity contribution is 1.22. The average molecular weight is 178 g/mol. The summed E-state index contributed by atoms with van der Waals surface area (Å²) >= 11 is 5.88. The second-order valence-electron chi connectivity index (χ2n) is 2.67. The lowest BCUT2D eigenvalue weighted by atomic mass is 10.3. The molecule has 1 aromatic heterocycles. The first-order valence-electron chi connectivity index (χ1n) is 3.84. The standard InChI is InChI=1S/C10H8ClN/c11-9-4-3-8-2-1-7-12-10(8)6-5-9/h1-3,5-7H,4H2. The van der Waals surface area contributed by atoms with Gasteiger partial charge in [-0.1, -0.05) is 23.7 Å². The van der Waals surface area contributed by atoms with Crippen LogP contribution in [0.3, 0.4) is 0 Å². The van der Waals surface area contributed by atoms with Crippen molar-refractivity contribution in [1.29, 1.82) is 0 Å².